The summed E-state index contributed by atoms with van der Waals surface area (Å²) in [4.78, 5) is 9.64. The van der Waals surface area contributed by atoms with E-state index in [4.69, 9.17) is 9.97 Å². The molecule has 1 aliphatic heterocycles. The quantitative estimate of drug-likeness (QED) is 0.912. The SMILES string of the molecule is CCCNc1nc(-c2cccc(C)c2C)nc2c1CSC2. The predicted molar refractivity (Wildman–Crippen MR) is 90.7 cm³/mol. The Balaban J connectivity index is 2.09. The van der Waals surface area contributed by atoms with Crippen LogP contribution in [0.3, 0.4) is 0 Å². The molecule has 2 aromatic rings. The molecule has 0 fully saturated rings. The first-order valence-corrected chi connectivity index (χ1v) is 8.64. The number of benzene rings is 1. The Hall–Kier alpha value is -1.55. The van der Waals surface area contributed by atoms with Gasteiger partial charge in [0.05, 0.1) is 5.69 Å². The fourth-order valence-electron chi connectivity index (χ4n) is 2.55. The molecule has 0 spiro atoms. The van der Waals surface area contributed by atoms with Crippen LogP contribution in [0.2, 0.25) is 0 Å². The third-order valence-corrected chi connectivity index (χ3v) is 4.94. The van der Waals surface area contributed by atoms with E-state index in [0.29, 0.717) is 0 Å². The van der Waals surface area contributed by atoms with Gasteiger partial charge in [0, 0.05) is 29.2 Å². The standard InChI is InChI=1S/C17H21N3S/c1-4-8-18-16-14-9-21-10-15(14)19-17(20-16)13-7-5-6-11(2)12(13)3/h5-7H,4,8-10H2,1-3H3,(H,18,19,20). The molecule has 1 aliphatic rings. The van der Waals surface area contributed by atoms with Crippen molar-refractivity contribution in [1.29, 1.82) is 0 Å². The molecule has 0 bridgehead atoms. The number of anilines is 1. The number of nitrogens with one attached hydrogen (secondary N) is 1. The summed E-state index contributed by atoms with van der Waals surface area (Å²) < 4.78 is 0. The highest BCUT2D eigenvalue weighted by atomic mass is 32.2. The Labute approximate surface area is 130 Å². The average Bonchev–Trinajstić information content (AvgIpc) is 2.96. The molecule has 0 aliphatic carbocycles. The van der Waals surface area contributed by atoms with Gasteiger partial charge >= 0.3 is 0 Å². The van der Waals surface area contributed by atoms with Crippen LogP contribution in [0.15, 0.2) is 18.2 Å². The van der Waals surface area contributed by atoms with Gasteiger partial charge in [-0.15, -0.1) is 0 Å². The minimum absolute atomic E-state index is 0.857. The van der Waals surface area contributed by atoms with Gasteiger partial charge in [0.15, 0.2) is 5.82 Å². The normalized spacial score (nSPS) is 13.3. The largest absolute Gasteiger partial charge is 0.370 e. The molecule has 21 heavy (non-hydrogen) atoms. The lowest BCUT2D eigenvalue weighted by Gasteiger charge is -2.13. The average molecular weight is 299 g/mol. The fraction of sp³-hybridized carbons (Fsp3) is 0.412. The van der Waals surface area contributed by atoms with E-state index in [0.717, 1.165) is 41.7 Å². The van der Waals surface area contributed by atoms with Crippen molar-refractivity contribution < 1.29 is 0 Å². The van der Waals surface area contributed by atoms with E-state index in [1.165, 1.54) is 22.4 Å². The second-order valence-electron chi connectivity index (χ2n) is 5.49. The van der Waals surface area contributed by atoms with Crippen LogP contribution in [0.4, 0.5) is 5.82 Å². The Morgan fingerprint density at radius 1 is 1.19 bits per heavy atom. The number of aryl methyl sites for hydroxylation is 1. The molecule has 3 rings (SSSR count). The lowest BCUT2D eigenvalue weighted by molar-refractivity contribution is 0.954. The number of fused-ring (bicyclic) bond motifs is 1. The van der Waals surface area contributed by atoms with E-state index in [1.807, 2.05) is 11.8 Å². The summed E-state index contributed by atoms with van der Waals surface area (Å²) in [6.45, 7) is 7.42. The van der Waals surface area contributed by atoms with E-state index in [1.54, 1.807) is 0 Å². The van der Waals surface area contributed by atoms with Crippen LogP contribution in [0.25, 0.3) is 11.4 Å². The maximum atomic E-state index is 4.82. The van der Waals surface area contributed by atoms with Crippen molar-refractivity contribution in [2.75, 3.05) is 11.9 Å². The van der Waals surface area contributed by atoms with Crippen LogP contribution in [-0.4, -0.2) is 16.5 Å². The van der Waals surface area contributed by atoms with Gasteiger partial charge in [-0.25, -0.2) is 9.97 Å². The summed E-state index contributed by atoms with van der Waals surface area (Å²) in [5.74, 6) is 3.91. The zero-order valence-electron chi connectivity index (χ0n) is 12.9. The van der Waals surface area contributed by atoms with Crippen molar-refractivity contribution >= 4 is 17.6 Å². The van der Waals surface area contributed by atoms with E-state index in [2.05, 4.69) is 44.3 Å². The monoisotopic (exact) mass is 299 g/mol. The predicted octanol–water partition coefficient (Wildman–Crippen LogP) is 4.33. The summed E-state index contributed by atoms with van der Waals surface area (Å²) in [7, 11) is 0. The number of hydrogen-bond donors (Lipinski definition) is 1. The van der Waals surface area contributed by atoms with Gasteiger partial charge in [0.2, 0.25) is 0 Å². The zero-order valence-corrected chi connectivity index (χ0v) is 13.7. The molecule has 0 radical (unpaired) electrons. The Kier molecular flexibility index (Phi) is 4.15. The first kappa shape index (κ1) is 14.4. The molecule has 1 aromatic carbocycles. The lowest BCUT2D eigenvalue weighted by atomic mass is 10.0. The molecule has 1 N–H and O–H groups in total. The molecule has 0 unspecified atom stereocenters. The molecule has 2 heterocycles. The van der Waals surface area contributed by atoms with Crippen LogP contribution in [0.5, 0.6) is 0 Å². The van der Waals surface area contributed by atoms with Gasteiger partial charge in [0.25, 0.3) is 0 Å². The zero-order chi connectivity index (χ0) is 14.8. The highest BCUT2D eigenvalue weighted by Gasteiger charge is 2.20. The molecule has 0 saturated carbocycles. The number of thioether (sulfide) groups is 1. The Bertz CT molecular complexity index is 667. The van der Waals surface area contributed by atoms with Crippen LogP contribution in [0, 0.1) is 13.8 Å². The fourth-order valence-corrected chi connectivity index (χ4v) is 3.60. The highest BCUT2D eigenvalue weighted by molar-refractivity contribution is 7.98. The van der Waals surface area contributed by atoms with Gasteiger partial charge in [-0.2, -0.15) is 11.8 Å². The number of rotatable bonds is 4. The lowest BCUT2D eigenvalue weighted by Crippen LogP contribution is -2.08. The van der Waals surface area contributed by atoms with Crippen LogP contribution < -0.4 is 5.32 Å². The first-order chi connectivity index (χ1) is 10.2. The highest BCUT2D eigenvalue weighted by Crippen LogP contribution is 2.35. The molecule has 0 atom stereocenters. The van der Waals surface area contributed by atoms with E-state index in [9.17, 15) is 0 Å². The van der Waals surface area contributed by atoms with Gasteiger partial charge in [-0.3, -0.25) is 0 Å². The third kappa shape index (κ3) is 2.77. The molecule has 3 nitrogen and oxygen atoms in total. The summed E-state index contributed by atoms with van der Waals surface area (Å²) >= 11 is 1.92. The number of hydrogen-bond acceptors (Lipinski definition) is 4. The number of aromatic nitrogens is 2. The molecular formula is C17H21N3S. The van der Waals surface area contributed by atoms with Crippen LogP contribution in [-0.2, 0) is 11.5 Å². The Morgan fingerprint density at radius 2 is 2.05 bits per heavy atom. The number of nitrogens with zero attached hydrogens (tertiary/aromatic N) is 2. The topological polar surface area (TPSA) is 37.8 Å². The Morgan fingerprint density at radius 3 is 2.86 bits per heavy atom. The van der Waals surface area contributed by atoms with Crippen molar-refractivity contribution in [3.63, 3.8) is 0 Å². The van der Waals surface area contributed by atoms with Crippen molar-refractivity contribution in [3.05, 3.63) is 40.6 Å². The third-order valence-electron chi connectivity index (χ3n) is 3.97. The summed E-state index contributed by atoms with van der Waals surface area (Å²) in [5.41, 5.74) is 6.19. The van der Waals surface area contributed by atoms with Crippen LogP contribution in [0.1, 0.15) is 35.7 Å². The van der Waals surface area contributed by atoms with Gasteiger partial charge in [0.1, 0.15) is 5.82 Å². The van der Waals surface area contributed by atoms with Crippen molar-refractivity contribution in [2.24, 2.45) is 0 Å². The molecule has 4 heteroatoms. The van der Waals surface area contributed by atoms with Crippen LogP contribution >= 0.6 is 11.8 Å². The molecule has 0 saturated heterocycles. The second kappa shape index (κ2) is 6.06. The second-order valence-corrected chi connectivity index (χ2v) is 6.47. The van der Waals surface area contributed by atoms with Gasteiger partial charge in [-0.1, -0.05) is 25.1 Å². The van der Waals surface area contributed by atoms with Crippen molar-refractivity contribution in [1.82, 2.24) is 9.97 Å². The smallest absolute Gasteiger partial charge is 0.162 e. The maximum Gasteiger partial charge on any atom is 0.162 e. The van der Waals surface area contributed by atoms with Gasteiger partial charge in [-0.05, 0) is 31.4 Å². The summed E-state index contributed by atoms with van der Waals surface area (Å²) in [6, 6.07) is 6.34. The van der Waals surface area contributed by atoms with Crippen molar-refractivity contribution in [2.45, 2.75) is 38.7 Å². The van der Waals surface area contributed by atoms with Crippen molar-refractivity contribution in [3.8, 4) is 11.4 Å². The van der Waals surface area contributed by atoms with E-state index >= 15 is 0 Å². The van der Waals surface area contributed by atoms with Gasteiger partial charge < -0.3 is 5.32 Å². The van der Waals surface area contributed by atoms with E-state index < -0.39 is 0 Å². The molecule has 110 valence electrons. The molecule has 1 aromatic heterocycles. The first-order valence-electron chi connectivity index (χ1n) is 7.48. The molecular weight excluding hydrogens is 278 g/mol. The minimum Gasteiger partial charge on any atom is -0.370 e. The van der Waals surface area contributed by atoms with E-state index in [-0.39, 0.29) is 0 Å². The maximum absolute atomic E-state index is 4.82. The minimum atomic E-state index is 0.857. The summed E-state index contributed by atoms with van der Waals surface area (Å²) in [6.07, 6.45) is 1.10. The molecule has 0 amide bonds. The summed E-state index contributed by atoms with van der Waals surface area (Å²) in [5, 5.41) is 3.47.